The number of aliphatic hydroxyl groups excluding tert-OH is 1. The average Bonchev–Trinajstić information content (AvgIpc) is 3.33. The summed E-state index contributed by atoms with van der Waals surface area (Å²) in [6.07, 6.45) is 5.39. The molecule has 3 fully saturated rings. The fourth-order valence-electron chi connectivity index (χ4n) is 4.74. The van der Waals surface area contributed by atoms with Gasteiger partial charge in [0.15, 0.2) is 0 Å². The van der Waals surface area contributed by atoms with Gasteiger partial charge in [-0.2, -0.15) is 0 Å². The number of hydrogen-bond acceptors (Lipinski definition) is 7. The van der Waals surface area contributed by atoms with Crippen LogP contribution in [0.25, 0.3) is 17.0 Å². The first kappa shape index (κ1) is 18.4. The largest absolute Gasteiger partial charge is 0.396 e. The molecule has 2 aromatic heterocycles. The summed E-state index contributed by atoms with van der Waals surface area (Å²) in [5, 5.41) is 9.51. The van der Waals surface area contributed by atoms with Gasteiger partial charge >= 0.3 is 0 Å². The van der Waals surface area contributed by atoms with Crippen molar-refractivity contribution in [2.75, 3.05) is 12.3 Å². The van der Waals surface area contributed by atoms with Crippen LogP contribution >= 0.6 is 0 Å². The number of aliphatic hydroxyl groups is 1. The normalized spacial score (nSPS) is 26.0. The Hall–Kier alpha value is -2.63. The number of sulfonamides is 1. The van der Waals surface area contributed by atoms with Gasteiger partial charge in [-0.15, -0.1) is 0 Å². The van der Waals surface area contributed by atoms with Gasteiger partial charge in [0.05, 0.1) is 5.69 Å². The lowest BCUT2D eigenvalue weighted by molar-refractivity contribution is 0.0336. The maximum Gasteiger partial charge on any atom is 0.244 e. The SMILES string of the molecule is Nc1ncnc2nc(-c3ccc(F)c(S(=O)(=O)NC45CCC(CO)(C4)C5)c3)cn12. The highest BCUT2D eigenvalue weighted by atomic mass is 32.2. The van der Waals surface area contributed by atoms with E-state index >= 15 is 0 Å². The summed E-state index contributed by atoms with van der Waals surface area (Å²) >= 11 is 0. The van der Waals surface area contributed by atoms with Crippen molar-refractivity contribution in [3.05, 3.63) is 36.5 Å². The second-order valence-corrected chi connectivity index (χ2v) is 9.72. The number of nitrogens with one attached hydrogen (secondary N) is 1. The zero-order valence-electron chi connectivity index (χ0n) is 15.3. The summed E-state index contributed by atoms with van der Waals surface area (Å²) in [5.74, 6) is -0.353. The third-order valence-electron chi connectivity index (χ3n) is 6.06. The molecule has 152 valence electrons. The van der Waals surface area contributed by atoms with Crippen molar-refractivity contribution in [1.82, 2.24) is 24.1 Å². The number of benzene rings is 1. The van der Waals surface area contributed by atoms with Gasteiger partial charge < -0.3 is 10.8 Å². The highest BCUT2D eigenvalue weighted by Crippen LogP contribution is 2.61. The molecule has 0 atom stereocenters. The number of hydrogen-bond donors (Lipinski definition) is 3. The van der Waals surface area contributed by atoms with E-state index in [2.05, 4.69) is 19.7 Å². The summed E-state index contributed by atoms with van der Waals surface area (Å²) in [4.78, 5) is 11.8. The van der Waals surface area contributed by atoms with E-state index in [1.807, 2.05) is 0 Å². The maximum absolute atomic E-state index is 14.5. The number of aromatic nitrogens is 4. The van der Waals surface area contributed by atoms with E-state index in [4.69, 9.17) is 5.73 Å². The average molecular weight is 418 g/mol. The molecule has 0 radical (unpaired) electrons. The lowest BCUT2D eigenvalue weighted by Gasteiger charge is -2.46. The third kappa shape index (κ3) is 2.80. The van der Waals surface area contributed by atoms with Crippen LogP contribution in [0.15, 0.2) is 35.6 Å². The number of nitrogens with zero attached hydrogens (tertiary/aromatic N) is 4. The summed E-state index contributed by atoms with van der Waals surface area (Å²) in [7, 11) is -4.09. The molecule has 6 rings (SSSR count). The number of nitrogens with two attached hydrogens (primary N) is 1. The van der Waals surface area contributed by atoms with Crippen LogP contribution in [0.4, 0.5) is 10.3 Å². The van der Waals surface area contributed by atoms with Gasteiger partial charge in [-0.05, 0) is 49.3 Å². The molecule has 3 aromatic rings. The minimum absolute atomic E-state index is 0.0419. The predicted octanol–water partition coefficient (Wildman–Crippen LogP) is 1.10. The number of fused-ring (bicyclic) bond motifs is 2. The van der Waals surface area contributed by atoms with Gasteiger partial charge in [0.1, 0.15) is 17.0 Å². The van der Waals surface area contributed by atoms with Crippen molar-refractivity contribution in [2.45, 2.75) is 36.1 Å². The summed E-state index contributed by atoms with van der Waals surface area (Å²) in [6, 6.07) is 3.81. The fourth-order valence-corrected chi connectivity index (χ4v) is 6.27. The lowest BCUT2D eigenvalue weighted by atomic mass is 9.66. The minimum Gasteiger partial charge on any atom is -0.396 e. The molecule has 2 heterocycles. The van der Waals surface area contributed by atoms with E-state index in [1.54, 1.807) is 6.20 Å². The van der Waals surface area contributed by atoms with Crippen molar-refractivity contribution in [3.63, 3.8) is 0 Å². The Morgan fingerprint density at radius 1 is 1.28 bits per heavy atom. The topological polar surface area (TPSA) is 135 Å². The minimum atomic E-state index is -4.09. The first-order chi connectivity index (χ1) is 13.7. The number of rotatable bonds is 5. The zero-order chi connectivity index (χ0) is 20.4. The molecular formula is C18H19FN6O3S. The molecule has 3 aliphatic carbocycles. The van der Waals surface area contributed by atoms with Crippen molar-refractivity contribution in [1.29, 1.82) is 0 Å². The fraction of sp³-hybridized carbons (Fsp3) is 0.389. The molecule has 4 N–H and O–H groups in total. The van der Waals surface area contributed by atoms with Crippen LogP contribution in [0.3, 0.4) is 0 Å². The molecule has 0 spiro atoms. The van der Waals surface area contributed by atoms with E-state index < -0.39 is 26.3 Å². The van der Waals surface area contributed by atoms with Crippen LogP contribution in [0.5, 0.6) is 0 Å². The van der Waals surface area contributed by atoms with Gasteiger partial charge in [-0.25, -0.2) is 32.5 Å². The van der Waals surface area contributed by atoms with Crippen LogP contribution < -0.4 is 10.5 Å². The van der Waals surface area contributed by atoms with E-state index in [-0.39, 0.29) is 18.0 Å². The Morgan fingerprint density at radius 3 is 2.76 bits per heavy atom. The number of nitrogen functional groups attached to an aromatic ring is 1. The molecule has 2 bridgehead atoms. The van der Waals surface area contributed by atoms with Crippen molar-refractivity contribution in [3.8, 4) is 11.3 Å². The zero-order valence-corrected chi connectivity index (χ0v) is 16.2. The smallest absolute Gasteiger partial charge is 0.244 e. The summed E-state index contributed by atoms with van der Waals surface area (Å²) in [5.41, 5.74) is 5.81. The molecule has 3 aliphatic rings. The number of imidazole rings is 1. The predicted molar refractivity (Wildman–Crippen MR) is 102 cm³/mol. The second kappa shape index (κ2) is 5.94. The van der Waals surface area contributed by atoms with E-state index in [1.165, 1.54) is 22.9 Å². The molecular weight excluding hydrogens is 399 g/mol. The number of anilines is 1. The molecule has 29 heavy (non-hydrogen) atoms. The van der Waals surface area contributed by atoms with Crippen molar-refractivity contribution in [2.24, 2.45) is 5.41 Å². The van der Waals surface area contributed by atoms with Gasteiger partial charge in [0, 0.05) is 23.9 Å². The van der Waals surface area contributed by atoms with Crippen LogP contribution in [0.1, 0.15) is 25.7 Å². The van der Waals surface area contributed by atoms with Crippen LogP contribution in [-0.2, 0) is 10.0 Å². The Kier molecular flexibility index (Phi) is 3.77. The molecule has 0 amide bonds. The highest BCUT2D eigenvalue weighted by Gasteiger charge is 2.61. The quantitative estimate of drug-likeness (QED) is 0.564. The standard InChI is InChI=1S/C18H19FN6O3S/c19-12-2-1-11(13-6-25-15(20)21-10-22-16(25)23-13)5-14(12)29(27,28)24-18-4-3-17(7-18,8-18)9-26/h1-2,5-6,10,24,26H,3-4,7-9H2,(H2,20,21,22,23). The molecule has 3 saturated carbocycles. The summed E-state index contributed by atoms with van der Waals surface area (Å²) in [6.45, 7) is 0.0419. The van der Waals surface area contributed by atoms with Crippen LogP contribution in [-0.4, -0.2) is 45.0 Å². The van der Waals surface area contributed by atoms with Gasteiger partial charge in [-0.3, -0.25) is 4.40 Å². The van der Waals surface area contributed by atoms with Crippen molar-refractivity contribution >= 4 is 21.7 Å². The van der Waals surface area contributed by atoms with Gasteiger partial charge in [0.2, 0.25) is 21.7 Å². The molecule has 1 aromatic carbocycles. The Balaban J connectivity index is 1.50. The molecule has 0 aliphatic heterocycles. The van der Waals surface area contributed by atoms with Gasteiger partial charge in [-0.1, -0.05) is 0 Å². The van der Waals surface area contributed by atoms with E-state index in [9.17, 15) is 17.9 Å². The number of halogens is 1. The lowest BCUT2D eigenvalue weighted by Crippen LogP contribution is -2.56. The Labute approximate surface area is 165 Å². The summed E-state index contributed by atoms with van der Waals surface area (Å²) < 4.78 is 44.5. The first-order valence-corrected chi connectivity index (χ1v) is 10.6. The highest BCUT2D eigenvalue weighted by molar-refractivity contribution is 7.89. The first-order valence-electron chi connectivity index (χ1n) is 9.15. The third-order valence-corrected chi connectivity index (χ3v) is 7.65. The van der Waals surface area contributed by atoms with Gasteiger partial charge in [0.25, 0.3) is 0 Å². The van der Waals surface area contributed by atoms with Crippen LogP contribution in [0.2, 0.25) is 0 Å². The molecule has 0 unspecified atom stereocenters. The molecule has 11 heteroatoms. The van der Waals surface area contributed by atoms with E-state index in [0.717, 1.165) is 12.5 Å². The Morgan fingerprint density at radius 2 is 2.07 bits per heavy atom. The molecule has 9 nitrogen and oxygen atoms in total. The van der Waals surface area contributed by atoms with E-state index in [0.29, 0.717) is 36.3 Å². The van der Waals surface area contributed by atoms with Crippen molar-refractivity contribution < 1.29 is 17.9 Å². The Bertz CT molecular complexity index is 1240. The maximum atomic E-state index is 14.5. The monoisotopic (exact) mass is 418 g/mol. The molecule has 0 saturated heterocycles. The van der Waals surface area contributed by atoms with Crippen LogP contribution in [0, 0.1) is 11.2 Å². The second-order valence-electron chi connectivity index (χ2n) is 8.07.